The van der Waals surface area contributed by atoms with Gasteiger partial charge in [-0.15, -0.1) is 0 Å². The van der Waals surface area contributed by atoms with Gasteiger partial charge in [-0.2, -0.15) is 0 Å². The van der Waals surface area contributed by atoms with Crippen LogP contribution in [0.25, 0.3) is 0 Å². The Morgan fingerprint density at radius 3 is 2.44 bits per heavy atom. The smallest absolute Gasteiger partial charge is 0.239 e. The number of carbonyl (C=O) groups excluding carboxylic acids is 1. The van der Waals surface area contributed by atoms with E-state index >= 15 is 0 Å². The molecule has 0 saturated heterocycles. The minimum atomic E-state index is -0.682. The molecule has 0 aromatic heterocycles. The van der Waals surface area contributed by atoms with E-state index in [-0.39, 0.29) is 29.6 Å². The number of aliphatic hydroxyl groups is 1. The first-order valence-corrected chi connectivity index (χ1v) is 6.51. The van der Waals surface area contributed by atoms with Gasteiger partial charge >= 0.3 is 0 Å². The van der Waals surface area contributed by atoms with E-state index in [9.17, 15) is 4.79 Å². The topological polar surface area (TPSA) is 84.6 Å². The van der Waals surface area contributed by atoms with Crippen molar-refractivity contribution in [2.24, 2.45) is 11.1 Å². The summed E-state index contributed by atoms with van der Waals surface area (Å²) in [5.41, 5.74) is 5.45. The fourth-order valence-corrected chi connectivity index (χ4v) is 1.80. The van der Waals surface area contributed by atoms with E-state index in [1.807, 2.05) is 20.8 Å². The minimum Gasteiger partial charge on any atom is -0.396 e. The van der Waals surface area contributed by atoms with Gasteiger partial charge in [0.05, 0.1) is 18.3 Å². The Labute approximate surface area is 109 Å². The summed E-state index contributed by atoms with van der Waals surface area (Å²) in [6, 6.07) is -0.682. The predicted molar refractivity (Wildman–Crippen MR) is 70.0 cm³/mol. The van der Waals surface area contributed by atoms with Crippen LogP contribution in [0.3, 0.4) is 0 Å². The molecule has 106 valence electrons. The van der Waals surface area contributed by atoms with E-state index in [4.69, 9.17) is 15.6 Å². The normalized spacial score (nSPS) is 21.2. The summed E-state index contributed by atoms with van der Waals surface area (Å²) in [6.07, 6.45) is 1.59. The quantitative estimate of drug-likeness (QED) is 0.644. The molecule has 4 N–H and O–H groups in total. The molecule has 0 spiro atoms. The zero-order valence-electron chi connectivity index (χ0n) is 11.8. The van der Waals surface area contributed by atoms with Gasteiger partial charge in [-0.1, -0.05) is 0 Å². The lowest BCUT2D eigenvalue weighted by Gasteiger charge is -2.28. The van der Waals surface area contributed by atoms with Crippen LogP contribution >= 0.6 is 0 Å². The summed E-state index contributed by atoms with van der Waals surface area (Å²) in [5, 5.41) is 12.0. The number of nitrogens with two attached hydrogens (primary N) is 1. The first kappa shape index (κ1) is 15.4. The van der Waals surface area contributed by atoms with Gasteiger partial charge in [-0.3, -0.25) is 4.79 Å². The van der Waals surface area contributed by atoms with Gasteiger partial charge in [0, 0.05) is 12.0 Å². The molecular formula is C13H26N2O3. The Balaban J connectivity index is 2.36. The fraction of sp³-hybridized carbons (Fsp3) is 0.923. The molecule has 5 heteroatoms. The Morgan fingerprint density at radius 2 is 2.06 bits per heavy atom. The van der Waals surface area contributed by atoms with Gasteiger partial charge in [0.1, 0.15) is 6.04 Å². The summed E-state index contributed by atoms with van der Waals surface area (Å²) in [6.45, 7) is 8.21. The number of carbonyl (C=O) groups is 1. The fourth-order valence-electron chi connectivity index (χ4n) is 1.80. The van der Waals surface area contributed by atoms with Crippen molar-refractivity contribution < 1.29 is 14.6 Å². The van der Waals surface area contributed by atoms with Crippen LogP contribution < -0.4 is 11.1 Å². The van der Waals surface area contributed by atoms with Crippen LogP contribution in [0.5, 0.6) is 0 Å². The molecule has 1 amide bonds. The molecule has 2 atom stereocenters. The van der Waals surface area contributed by atoms with Crippen LogP contribution in [0.2, 0.25) is 0 Å². The zero-order valence-corrected chi connectivity index (χ0v) is 11.8. The summed E-state index contributed by atoms with van der Waals surface area (Å²) in [5.74, 6) is -0.216. The first-order valence-electron chi connectivity index (χ1n) is 6.51. The lowest BCUT2D eigenvalue weighted by atomic mass is 10.1. The molecule has 0 bridgehead atoms. The zero-order chi connectivity index (χ0) is 14.0. The molecule has 0 unspecified atom stereocenters. The summed E-state index contributed by atoms with van der Waals surface area (Å²) < 4.78 is 5.66. The van der Waals surface area contributed by atoms with Crippen molar-refractivity contribution >= 4 is 5.91 Å². The van der Waals surface area contributed by atoms with Gasteiger partial charge < -0.3 is 20.9 Å². The highest BCUT2D eigenvalue weighted by atomic mass is 16.5. The highest BCUT2D eigenvalue weighted by Gasteiger charge is 2.42. The van der Waals surface area contributed by atoms with Gasteiger partial charge in [-0.25, -0.2) is 0 Å². The number of rotatable bonds is 6. The maximum absolute atomic E-state index is 11.9. The minimum absolute atomic E-state index is 0.0937. The van der Waals surface area contributed by atoms with Crippen molar-refractivity contribution in [3.05, 3.63) is 0 Å². The Bertz CT molecular complexity index is 295. The molecule has 1 rings (SSSR count). The summed E-state index contributed by atoms with van der Waals surface area (Å²) in [4.78, 5) is 11.9. The molecule has 1 aliphatic carbocycles. The number of aliphatic hydroxyl groups excluding tert-OH is 1. The van der Waals surface area contributed by atoms with Crippen molar-refractivity contribution in [3.8, 4) is 0 Å². The van der Waals surface area contributed by atoms with E-state index in [0.29, 0.717) is 6.54 Å². The van der Waals surface area contributed by atoms with Gasteiger partial charge in [0.2, 0.25) is 5.91 Å². The number of ether oxygens (including phenoxy) is 1. The van der Waals surface area contributed by atoms with E-state index in [2.05, 4.69) is 5.32 Å². The van der Waals surface area contributed by atoms with Crippen LogP contribution in [0, 0.1) is 5.41 Å². The molecule has 5 nitrogen and oxygen atoms in total. The number of nitrogens with one attached hydrogen (secondary N) is 1. The lowest BCUT2D eigenvalue weighted by molar-refractivity contribution is -0.129. The average Bonchev–Trinajstić information content (AvgIpc) is 3.03. The van der Waals surface area contributed by atoms with Crippen LogP contribution in [0.4, 0.5) is 0 Å². The molecule has 0 heterocycles. The van der Waals surface area contributed by atoms with Crippen LogP contribution in [0.1, 0.15) is 40.5 Å². The Morgan fingerprint density at radius 1 is 1.50 bits per heavy atom. The predicted octanol–water partition coefficient (Wildman–Crippen LogP) is 0.406. The first-order chi connectivity index (χ1) is 8.19. The molecule has 18 heavy (non-hydrogen) atoms. The van der Waals surface area contributed by atoms with Crippen LogP contribution in [-0.4, -0.2) is 41.9 Å². The average molecular weight is 258 g/mol. The molecule has 0 aromatic rings. The Hall–Kier alpha value is -0.650. The van der Waals surface area contributed by atoms with Crippen molar-refractivity contribution in [1.82, 2.24) is 5.32 Å². The molecule has 1 fully saturated rings. The second-order valence-electron chi connectivity index (χ2n) is 6.34. The summed E-state index contributed by atoms with van der Waals surface area (Å²) in [7, 11) is 0. The highest BCUT2D eigenvalue weighted by Crippen LogP contribution is 2.44. The standard InChI is InChI=1S/C13H26N2O3/c1-9(18-12(2,3)4)10(14)11(17)15-7-13(8-16)5-6-13/h9-10,16H,5-8,14H2,1-4H3,(H,15,17)/t9-,10+/m1/s1. The number of hydrogen-bond donors (Lipinski definition) is 3. The highest BCUT2D eigenvalue weighted by molar-refractivity contribution is 5.82. The maximum Gasteiger partial charge on any atom is 0.239 e. The molecule has 1 saturated carbocycles. The Kier molecular flexibility index (Phi) is 4.75. The van der Waals surface area contributed by atoms with Gasteiger partial charge in [-0.05, 0) is 40.5 Å². The van der Waals surface area contributed by atoms with E-state index in [0.717, 1.165) is 12.8 Å². The third-order valence-electron chi connectivity index (χ3n) is 3.28. The molecular weight excluding hydrogens is 232 g/mol. The van der Waals surface area contributed by atoms with E-state index < -0.39 is 6.04 Å². The SMILES string of the molecule is C[C@@H](OC(C)(C)C)[C@H](N)C(=O)NCC1(CO)CC1. The molecule has 1 aliphatic rings. The van der Waals surface area contributed by atoms with Gasteiger partial charge in [0.15, 0.2) is 0 Å². The van der Waals surface area contributed by atoms with Crippen molar-refractivity contribution in [1.29, 1.82) is 0 Å². The molecule has 0 radical (unpaired) electrons. The van der Waals surface area contributed by atoms with Crippen molar-refractivity contribution in [2.45, 2.75) is 58.3 Å². The van der Waals surface area contributed by atoms with Crippen LogP contribution in [-0.2, 0) is 9.53 Å². The molecule has 0 aromatic carbocycles. The maximum atomic E-state index is 11.9. The van der Waals surface area contributed by atoms with Crippen molar-refractivity contribution in [2.75, 3.05) is 13.2 Å². The second-order valence-corrected chi connectivity index (χ2v) is 6.34. The monoisotopic (exact) mass is 258 g/mol. The third-order valence-corrected chi connectivity index (χ3v) is 3.28. The third kappa shape index (κ3) is 4.55. The lowest BCUT2D eigenvalue weighted by Crippen LogP contribution is -2.51. The molecule has 0 aliphatic heterocycles. The van der Waals surface area contributed by atoms with E-state index in [1.165, 1.54) is 0 Å². The second kappa shape index (κ2) is 5.55. The number of hydrogen-bond acceptors (Lipinski definition) is 4. The summed E-state index contributed by atoms with van der Waals surface area (Å²) >= 11 is 0. The number of amides is 1. The van der Waals surface area contributed by atoms with Crippen molar-refractivity contribution in [3.63, 3.8) is 0 Å². The largest absolute Gasteiger partial charge is 0.396 e. The van der Waals surface area contributed by atoms with Crippen LogP contribution in [0.15, 0.2) is 0 Å². The van der Waals surface area contributed by atoms with E-state index in [1.54, 1.807) is 6.92 Å². The van der Waals surface area contributed by atoms with Gasteiger partial charge in [0.25, 0.3) is 0 Å².